The third-order valence-electron chi connectivity index (χ3n) is 6.06. The number of rotatable bonds is 7. The fourth-order valence-corrected chi connectivity index (χ4v) is 4.86. The minimum atomic E-state index is -0.273. The van der Waals surface area contributed by atoms with Gasteiger partial charge in [0, 0.05) is 43.6 Å². The number of anilines is 2. The average molecular weight is 610 g/mol. The molecule has 0 aromatic heterocycles. The van der Waals surface area contributed by atoms with Crippen LogP contribution >= 0.6 is 46.4 Å². The molecular weight excluding hydrogens is 586 g/mol. The molecule has 2 N–H and O–H groups in total. The fourth-order valence-electron chi connectivity index (χ4n) is 3.92. The molecule has 0 spiro atoms. The van der Waals surface area contributed by atoms with Crippen LogP contribution in [0.4, 0.5) is 11.4 Å². The Kier molecular flexibility index (Phi) is 9.72. The smallest absolute Gasteiger partial charge is 0.248 e. The summed E-state index contributed by atoms with van der Waals surface area (Å²) in [4.78, 5) is 25.0. The monoisotopic (exact) mass is 608 g/mol. The number of carbonyl (C=O) groups is 2. The largest absolute Gasteiger partial charge is 0.322 e. The molecule has 0 saturated heterocycles. The van der Waals surface area contributed by atoms with Crippen LogP contribution in [-0.2, 0) is 9.59 Å². The lowest BCUT2D eigenvalue weighted by molar-refractivity contribution is -0.112. The second kappa shape index (κ2) is 13.2. The zero-order valence-electron chi connectivity index (χ0n) is 21.6. The van der Waals surface area contributed by atoms with E-state index in [-0.39, 0.29) is 11.8 Å². The lowest BCUT2D eigenvalue weighted by atomic mass is 10.00. The molecule has 0 heterocycles. The van der Waals surface area contributed by atoms with Gasteiger partial charge >= 0.3 is 0 Å². The van der Waals surface area contributed by atoms with Gasteiger partial charge in [-0.2, -0.15) is 0 Å². The highest BCUT2D eigenvalue weighted by atomic mass is 35.5. The molecule has 0 atom stereocenters. The molecular formula is C32H24Cl4N2O2. The topological polar surface area (TPSA) is 58.2 Å². The molecule has 0 aliphatic rings. The molecule has 4 rings (SSSR count). The Balaban J connectivity index is 1.41. The van der Waals surface area contributed by atoms with Crippen LogP contribution in [0, 0.1) is 13.8 Å². The van der Waals surface area contributed by atoms with Gasteiger partial charge in [-0.25, -0.2) is 0 Å². The zero-order valence-corrected chi connectivity index (χ0v) is 24.6. The van der Waals surface area contributed by atoms with Crippen molar-refractivity contribution in [3.05, 3.63) is 127 Å². The molecule has 8 heteroatoms. The van der Waals surface area contributed by atoms with Crippen molar-refractivity contribution in [2.45, 2.75) is 13.8 Å². The minimum absolute atomic E-state index is 0.273. The van der Waals surface area contributed by atoms with Crippen molar-refractivity contribution < 1.29 is 9.59 Å². The number of aryl methyl sites for hydroxylation is 2. The molecule has 0 unspecified atom stereocenters. The van der Waals surface area contributed by atoms with Crippen LogP contribution in [0.15, 0.2) is 84.9 Å². The summed E-state index contributed by atoms with van der Waals surface area (Å²) in [5, 5.41) is 7.80. The van der Waals surface area contributed by atoms with Gasteiger partial charge in [-0.1, -0.05) is 70.7 Å². The van der Waals surface area contributed by atoms with Gasteiger partial charge in [0.25, 0.3) is 0 Å². The van der Waals surface area contributed by atoms with Gasteiger partial charge < -0.3 is 10.6 Å². The molecule has 202 valence electrons. The summed E-state index contributed by atoms with van der Waals surface area (Å²) in [6.07, 6.45) is 6.14. The predicted molar refractivity (Wildman–Crippen MR) is 170 cm³/mol. The van der Waals surface area contributed by atoms with E-state index < -0.39 is 0 Å². The van der Waals surface area contributed by atoms with E-state index >= 15 is 0 Å². The minimum Gasteiger partial charge on any atom is -0.322 e. The Morgan fingerprint density at radius 2 is 0.975 bits per heavy atom. The fraction of sp³-hybridized carbons (Fsp3) is 0.0625. The summed E-state index contributed by atoms with van der Waals surface area (Å²) in [6.45, 7) is 3.86. The van der Waals surface area contributed by atoms with Gasteiger partial charge in [0.05, 0.1) is 0 Å². The van der Waals surface area contributed by atoms with Crippen LogP contribution in [0.25, 0.3) is 23.3 Å². The Morgan fingerprint density at radius 3 is 1.32 bits per heavy atom. The van der Waals surface area contributed by atoms with E-state index in [1.807, 2.05) is 50.2 Å². The molecule has 4 aromatic rings. The molecule has 0 fully saturated rings. The van der Waals surface area contributed by atoms with Crippen LogP contribution < -0.4 is 10.6 Å². The third kappa shape index (κ3) is 7.77. The summed E-state index contributed by atoms with van der Waals surface area (Å²) >= 11 is 24.2. The van der Waals surface area contributed by atoms with E-state index in [9.17, 15) is 9.59 Å². The van der Waals surface area contributed by atoms with Crippen LogP contribution in [-0.4, -0.2) is 11.8 Å². The molecule has 4 nitrogen and oxygen atoms in total. The quantitative estimate of drug-likeness (QED) is 0.205. The van der Waals surface area contributed by atoms with Crippen LogP contribution in [0.1, 0.15) is 22.3 Å². The molecule has 0 aliphatic carbocycles. The maximum Gasteiger partial charge on any atom is 0.248 e. The first-order valence-electron chi connectivity index (χ1n) is 12.2. The molecule has 0 bridgehead atoms. The van der Waals surface area contributed by atoms with Gasteiger partial charge in [0.15, 0.2) is 0 Å². The maximum absolute atomic E-state index is 12.5. The van der Waals surface area contributed by atoms with Crippen molar-refractivity contribution in [2.24, 2.45) is 0 Å². The number of hydrogen-bond donors (Lipinski definition) is 2. The van der Waals surface area contributed by atoms with Gasteiger partial charge in [0.1, 0.15) is 0 Å². The number of amides is 2. The molecule has 0 radical (unpaired) electrons. The Hall–Kier alpha value is -3.54. The standard InChI is InChI=1S/C32H24Cl4N2O2/c1-19-15-23(5-11-29(19)37-31(39)13-7-21-3-9-25(33)17-27(21)35)24-6-12-30(20(2)16-24)38-32(40)14-8-22-4-10-26(34)18-28(22)36/h3-18H,1-2H3,(H,37,39)(H,38,40)/b13-7+,14-8+. The normalized spacial score (nSPS) is 11.2. The van der Waals surface area contributed by atoms with Crippen molar-refractivity contribution in [1.82, 2.24) is 0 Å². The van der Waals surface area contributed by atoms with Gasteiger partial charge in [-0.3, -0.25) is 9.59 Å². The maximum atomic E-state index is 12.5. The van der Waals surface area contributed by atoms with Gasteiger partial charge in [-0.05, 0) is 108 Å². The van der Waals surface area contributed by atoms with Crippen molar-refractivity contribution in [1.29, 1.82) is 0 Å². The number of nitrogens with one attached hydrogen (secondary N) is 2. The van der Waals surface area contributed by atoms with E-state index in [0.29, 0.717) is 42.6 Å². The van der Waals surface area contributed by atoms with Gasteiger partial charge in [0.2, 0.25) is 11.8 Å². The van der Waals surface area contributed by atoms with Crippen molar-refractivity contribution >= 4 is 81.7 Å². The van der Waals surface area contributed by atoms with E-state index in [2.05, 4.69) is 10.6 Å². The lowest BCUT2D eigenvalue weighted by Gasteiger charge is -2.12. The molecule has 4 aromatic carbocycles. The summed E-state index contributed by atoms with van der Waals surface area (Å²) < 4.78 is 0. The number of halogens is 4. The second-order valence-corrected chi connectivity index (χ2v) is 10.7. The van der Waals surface area contributed by atoms with Crippen molar-refractivity contribution in [3.8, 4) is 11.1 Å². The van der Waals surface area contributed by atoms with Crippen LogP contribution in [0.2, 0.25) is 20.1 Å². The first-order valence-corrected chi connectivity index (χ1v) is 13.7. The number of hydrogen-bond acceptors (Lipinski definition) is 2. The number of benzene rings is 4. The Morgan fingerprint density at radius 1 is 0.575 bits per heavy atom. The van der Waals surface area contributed by atoms with Gasteiger partial charge in [-0.15, -0.1) is 0 Å². The first kappa shape index (κ1) is 29.4. The SMILES string of the molecule is Cc1cc(-c2ccc(NC(=O)/C=C/c3ccc(Cl)cc3Cl)c(C)c2)ccc1NC(=O)/C=C/c1ccc(Cl)cc1Cl. The highest BCUT2D eigenvalue weighted by Gasteiger charge is 2.08. The average Bonchev–Trinajstić information content (AvgIpc) is 2.90. The van der Waals surface area contributed by atoms with E-state index in [1.165, 1.54) is 12.2 Å². The third-order valence-corrected chi connectivity index (χ3v) is 7.18. The summed E-state index contributed by atoms with van der Waals surface area (Å²) in [6, 6.07) is 21.8. The Labute approximate surface area is 253 Å². The van der Waals surface area contributed by atoms with E-state index in [1.54, 1.807) is 48.6 Å². The van der Waals surface area contributed by atoms with Crippen LogP contribution in [0.5, 0.6) is 0 Å². The first-order chi connectivity index (χ1) is 19.1. The second-order valence-electron chi connectivity index (χ2n) is 9.04. The van der Waals surface area contributed by atoms with E-state index in [4.69, 9.17) is 46.4 Å². The molecule has 0 aliphatic heterocycles. The lowest BCUT2D eigenvalue weighted by Crippen LogP contribution is -2.09. The van der Waals surface area contributed by atoms with Crippen molar-refractivity contribution in [2.75, 3.05) is 10.6 Å². The molecule has 40 heavy (non-hydrogen) atoms. The Bertz CT molecular complexity index is 1540. The van der Waals surface area contributed by atoms with Crippen molar-refractivity contribution in [3.63, 3.8) is 0 Å². The predicted octanol–water partition coefficient (Wildman–Crippen LogP) is 9.89. The van der Waals surface area contributed by atoms with E-state index in [0.717, 1.165) is 22.3 Å². The summed E-state index contributed by atoms with van der Waals surface area (Å²) in [7, 11) is 0. The molecule has 0 saturated carbocycles. The highest BCUT2D eigenvalue weighted by Crippen LogP contribution is 2.29. The summed E-state index contributed by atoms with van der Waals surface area (Å²) in [5.74, 6) is -0.546. The highest BCUT2D eigenvalue weighted by molar-refractivity contribution is 6.36. The summed E-state index contributed by atoms with van der Waals surface area (Å²) in [5.41, 5.74) is 6.59. The molecule has 2 amide bonds. The zero-order chi connectivity index (χ0) is 28.8. The number of carbonyl (C=O) groups excluding carboxylic acids is 2. The van der Waals surface area contributed by atoms with Crippen LogP contribution in [0.3, 0.4) is 0 Å².